The van der Waals surface area contributed by atoms with Gasteiger partial charge in [0.1, 0.15) is 0 Å². The van der Waals surface area contributed by atoms with Gasteiger partial charge in [0.15, 0.2) is 5.43 Å². The van der Waals surface area contributed by atoms with Crippen LogP contribution in [0.1, 0.15) is 19.4 Å². The van der Waals surface area contributed by atoms with Gasteiger partial charge in [0.05, 0.1) is 5.39 Å². The summed E-state index contributed by atoms with van der Waals surface area (Å²) in [5, 5.41) is 2.24. The quantitative estimate of drug-likeness (QED) is 0.545. The fourth-order valence-electron chi connectivity index (χ4n) is 3.31. The van der Waals surface area contributed by atoms with Gasteiger partial charge in [-0.15, -0.1) is 11.3 Å². The van der Waals surface area contributed by atoms with E-state index in [-0.39, 0.29) is 5.43 Å². The van der Waals surface area contributed by atoms with E-state index in [9.17, 15) is 4.79 Å². The zero-order valence-electron chi connectivity index (χ0n) is 15.8. The summed E-state index contributed by atoms with van der Waals surface area (Å²) in [6, 6.07) is 9.72. The number of nitrogens with zero attached hydrogens (tertiary/aromatic N) is 2. The van der Waals surface area contributed by atoms with E-state index in [0.717, 1.165) is 57.6 Å². The van der Waals surface area contributed by atoms with Gasteiger partial charge >= 0.3 is 0 Å². The molecule has 0 spiro atoms. The highest BCUT2D eigenvalue weighted by Crippen LogP contribution is 2.33. The number of benzene rings is 2. The number of anilines is 1. The lowest BCUT2D eigenvalue weighted by Gasteiger charge is -2.25. The van der Waals surface area contributed by atoms with Crippen LogP contribution < -0.4 is 10.3 Å². The fourth-order valence-corrected chi connectivity index (χ4v) is 4.75. The molecule has 0 saturated heterocycles. The monoisotopic (exact) mass is 388 g/mol. The molecule has 0 N–H and O–H groups in total. The van der Waals surface area contributed by atoms with Crippen LogP contribution in [-0.2, 0) is 0 Å². The Kier molecular flexibility index (Phi) is 5.86. The molecule has 138 valence electrons. The molecule has 3 rings (SSSR count). The van der Waals surface area contributed by atoms with Gasteiger partial charge in [-0.3, -0.25) is 4.79 Å². The van der Waals surface area contributed by atoms with E-state index in [4.69, 9.17) is 11.6 Å². The summed E-state index contributed by atoms with van der Waals surface area (Å²) in [4.78, 5) is 17.9. The highest BCUT2D eigenvalue weighted by molar-refractivity contribution is 7.24. The number of halogens is 1. The second-order valence-electron chi connectivity index (χ2n) is 6.63. The molecule has 0 aliphatic carbocycles. The van der Waals surface area contributed by atoms with Crippen molar-refractivity contribution in [3.05, 3.63) is 51.1 Å². The molecule has 0 fully saturated rings. The van der Waals surface area contributed by atoms with Gasteiger partial charge in [-0.05, 0) is 49.8 Å². The lowest BCUT2D eigenvalue weighted by molar-refractivity contribution is 0.311. The first-order chi connectivity index (χ1) is 12.5. The second-order valence-corrected chi connectivity index (χ2v) is 8.11. The van der Waals surface area contributed by atoms with Crippen molar-refractivity contribution >= 4 is 48.8 Å². The predicted octanol–water partition coefficient (Wildman–Crippen LogP) is 5.15. The van der Waals surface area contributed by atoms with Crippen molar-refractivity contribution in [3.63, 3.8) is 0 Å². The van der Waals surface area contributed by atoms with E-state index in [1.54, 1.807) is 17.4 Å². The van der Waals surface area contributed by atoms with Gasteiger partial charge in [-0.1, -0.05) is 31.5 Å². The maximum absolute atomic E-state index is 13.3. The SMILES string of the molecule is CCN(CC)CCN(C)c1ccc(C)c2sc3cc(Cl)ccc3c(=O)c12. The van der Waals surface area contributed by atoms with Gasteiger partial charge in [-0.25, -0.2) is 0 Å². The third kappa shape index (κ3) is 3.59. The van der Waals surface area contributed by atoms with Crippen LogP contribution in [0, 0.1) is 6.92 Å². The van der Waals surface area contributed by atoms with E-state index in [1.807, 2.05) is 12.1 Å². The first kappa shape index (κ1) is 19.2. The Bertz CT molecular complexity index is 995. The minimum atomic E-state index is 0.0961. The first-order valence-corrected chi connectivity index (χ1v) is 10.2. The Labute approximate surface area is 163 Å². The van der Waals surface area contributed by atoms with Crippen molar-refractivity contribution in [1.82, 2.24) is 4.90 Å². The summed E-state index contributed by atoms with van der Waals surface area (Å²) in [7, 11) is 2.07. The second kappa shape index (κ2) is 7.95. The molecule has 2 aromatic carbocycles. The van der Waals surface area contributed by atoms with Crippen molar-refractivity contribution in [2.75, 3.05) is 38.1 Å². The Hall–Kier alpha value is -1.62. The van der Waals surface area contributed by atoms with Gasteiger partial charge in [0, 0.05) is 45.6 Å². The van der Waals surface area contributed by atoms with Crippen LogP contribution in [0.5, 0.6) is 0 Å². The summed E-state index contributed by atoms with van der Waals surface area (Å²) in [6.07, 6.45) is 0. The standard InChI is InChI=1S/C21H25ClN2OS/c1-5-24(6-2)12-11-23(4)17-10-7-14(3)21-19(17)20(25)16-9-8-15(22)13-18(16)26-21/h7-10,13H,5-6,11-12H2,1-4H3. The van der Waals surface area contributed by atoms with Crippen molar-refractivity contribution < 1.29 is 0 Å². The summed E-state index contributed by atoms with van der Waals surface area (Å²) < 4.78 is 2.00. The molecule has 0 saturated carbocycles. The zero-order valence-corrected chi connectivity index (χ0v) is 17.4. The summed E-state index contributed by atoms with van der Waals surface area (Å²) in [5.74, 6) is 0. The van der Waals surface area contributed by atoms with Crippen LogP contribution in [0.4, 0.5) is 5.69 Å². The van der Waals surface area contributed by atoms with E-state index >= 15 is 0 Å². The Morgan fingerprint density at radius 3 is 2.50 bits per heavy atom. The molecular formula is C21H25ClN2OS. The van der Waals surface area contributed by atoms with E-state index in [0.29, 0.717) is 5.02 Å². The van der Waals surface area contributed by atoms with Crippen LogP contribution in [0.2, 0.25) is 5.02 Å². The molecule has 0 bridgehead atoms. The molecule has 0 aliphatic rings. The fraction of sp³-hybridized carbons (Fsp3) is 0.381. The van der Waals surface area contributed by atoms with Crippen LogP contribution >= 0.6 is 22.9 Å². The van der Waals surface area contributed by atoms with Gasteiger partial charge in [-0.2, -0.15) is 0 Å². The minimum Gasteiger partial charge on any atom is -0.373 e. The van der Waals surface area contributed by atoms with Gasteiger partial charge < -0.3 is 9.80 Å². The van der Waals surface area contributed by atoms with Crippen LogP contribution in [0.15, 0.2) is 35.1 Å². The van der Waals surface area contributed by atoms with E-state index < -0.39 is 0 Å². The molecule has 0 amide bonds. The average molecular weight is 389 g/mol. The van der Waals surface area contributed by atoms with Crippen LogP contribution in [0.3, 0.4) is 0 Å². The minimum absolute atomic E-state index is 0.0961. The Morgan fingerprint density at radius 1 is 1.08 bits per heavy atom. The third-order valence-electron chi connectivity index (χ3n) is 5.02. The molecule has 0 radical (unpaired) electrons. The molecular weight excluding hydrogens is 364 g/mol. The topological polar surface area (TPSA) is 23.6 Å². The highest BCUT2D eigenvalue weighted by Gasteiger charge is 2.15. The van der Waals surface area contributed by atoms with E-state index in [1.165, 1.54) is 0 Å². The maximum atomic E-state index is 13.3. The largest absolute Gasteiger partial charge is 0.373 e. The molecule has 0 unspecified atom stereocenters. The molecule has 1 heterocycles. The molecule has 1 aromatic heterocycles. The van der Waals surface area contributed by atoms with Crippen molar-refractivity contribution in [1.29, 1.82) is 0 Å². The molecule has 5 heteroatoms. The smallest absolute Gasteiger partial charge is 0.197 e. The van der Waals surface area contributed by atoms with Crippen LogP contribution in [0.25, 0.3) is 20.2 Å². The van der Waals surface area contributed by atoms with Gasteiger partial charge in [0.2, 0.25) is 0 Å². The normalized spacial score (nSPS) is 11.6. The summed E-state index contributed by atoms with van der Waals surface area (Å²) in [6.45, 7) is 10.4. The Balaban J connectivity index is 2.13. The number of hydrogen-bond acceptors (Lipinski definition) is 4. The third-order valence-corrected chi connectivity index (χ3v) is 6.54. The highest BCUT2D eigenvalue weighted by atomic mass is 35.5. The number of fused-ring (bicyclic) bond motifs is 2. The zero-order chi connectivity index (χ0) is 18.8. The molecule has 0 atom stereocenters. The average Bonchev–Trinajstić information content (AvgIpc) is 2.63. The lowest BCUT2D eigenvalue weighted by Crippen LogP contribution is -2.33. The summed E-state index contributed by atoms with van der Waals surface area (Å²) in [5.41, 5.74) is 2.24. The van der Waals surface area contributed by atoms with Crippen molar-refractivity contribution in [3.8, 4) is 0 Å². The predicted molar refractivity (Wildman–Crippen MR) is 116 cm³/mol. The van der Waals surface area contributed by atoms with Gasteiger partial charge in [0.25, 0.3) is 0 Å². The molecule has 26 heavy (non-hydrogen) atoms. The molecule has 3 nitrogen and oxygen atoms in total. The number of aryl methyl sites for hydroxylation is 1. The molecule has 3 aromatic rings. The lowest BCUT2D eigenvalue weighted by atomic mass is 10.1. The van der Waals surface area contributed by atoms with Crippen LogP contribution in [-0.4, -0.2) is 38.1 Å². The summed E-state index contributed by atoms with van der Waals surface area (Å²) >= 11 is 7.78. The maximum Gasteiger partial charge on any atom is 0.197 e. The number of hydrogen-bond donors (Lipinski definition) is 0. The first-order valence-electron chi connectivity index (χ1n) is 9.05. The Morgan fingerprint density at radius 2 is 1.81 bits per heavy atom. The number of likely N-dealkylation sites (N-methyl/N-ethyl adjacent to an activating group) is 2. The van der Waals surface area contributed by atoms with E-state index in [2.05, 4.69) is 49.8 Å². The number of rotatable bonds is 6. The van der Waals surface area contributed by atoms with Crippen molar-refractivity contribution in [2.24, 2.45) is 0 Å². The molecule has 0 aliphatic heterocycles. The van der Waals surface area contributed by atoms with Crippen molar-refractivity contribution in [2.45, 2.75) is 20.8 Å².